The summed E-state index contributed by atoms with van der Waals surface area (Å²) >= 11 is 0. The maximum atomic E-state index is 13.0. The normalized spacial score (nSPS) is 16.9. The molecule has 3 rings (SSSR count). The highest BCUT2D eigenvalue weighted by Crippen LogP contribution is 2.31. The number of carbonyl (C=O) groups is 2. The van der Waals surface area contributed by atoms with Crippen LogP contribution in [-0.4, -0.2) is 52.9 Å². The number of hydrogen-bond acceptors (Lipinski definition) is 5. The molecule has 1 N–H and O–H groups in total. The number of aromatic nitrogens is 2. The Labute approximate surface area is 163 Å². The third-order valence-electron chi connectivity index (χ3n) is 4.92. The van der Waals surface area contributed by atoms with E-state index < -0.39 is 11.5 Å². The van der Waals surface area contributed by atoms with Gasteiger partial charge in [-0.25, -0.2) is 4.98 Å². The highest BCUT2D eigenvalue weighted by Gasteiger charge is 2.37. The van der Waals surface area contributed by atoms with E-state index in [4.69, 9.17) is 4.74 Å². The van der Waals surface area contributed by atoms with Gasteiger partial charge in [0.1, 0.15) is 17.9 Å². The van der Waals surface area contributed by atoms with Crippen LogP contribution in [0, 0.1) is 0 Å². The summed E-state index contributed by atoms with van der Waals surface area (Å²) in [6.45, 7) is 2.33. The molecule has 0 saturated carbocycles. The zero-order valence-electron chi connectivity index (χ0n) is 16.1. The molecular formula is C20H24N4O4. The van der Waals surface area contributed by atoms with Crippen LogP contribution in [0.3, 0.4) is 0 Å². The van der Waals surface area contributed by atoms with Gasteiger partial charge in [0.2, 0.25) is 5.91 Å². The molecule has 28 heavy (non-hydrogen) atoms. The number of nitrogens with one attached hydrogen (secondary N) is 1. The number of unbranched alkanes of at least 4 members (excludes halogenated alkanes) is 1. The Morgan fingerprint density at radius 1 is 1.32 bits per heavy atom. The monoisotopic (exact) mass is 384 g/mol. The Kier molecular flexibility index (Phi) is 6.08. The smallest absolute Gasteiger partial charge is 0.263 e. The Bertz CT molecular complexity index is 911. The Balaban J connectivity index is 1.91. The molecule has 1 aromatic heterocycles. The van der Waals surface area contributed by atoms with E-state index in [0.717, 1.165) is 19.3 Å². The van der Waals surface area contributed by atoms with E-state index in [1.165, 1.54) is 17.4 Å². The van der Waals surface area contributed by atoms with E-state index in [-0.39, 0.29) is 24.1 Å². The zero-order chi connectivity index (χ0) is 20.1. The van der Waals surface area contributed by atoms with Crippen molar-refractivity contribution in [1.82, 2.24) is 14.9 Å². The Hall–Kier alpha value is -3.16. The van der Waals surface area contributed by atoms with Crippen LogP contribution in [0.25, 0.3) is 0 Å². The van der Waals surface area contributed by atoms with E-state index in [2.05, 4.69) is 16.9 Å². The molecule has 1 aromatic carbocycles. The van der Waals surface area contributed by atoms with Crippen LogP contribution < -0.4 is 15.2 Å². The Morgan fingerprint density at radius 2 is 2.11 bits per heavy atom. The number of nitrogens with zero attached hydrogens (tertiary/aromatic N) is 3. The minimum atomic E-state index is -0.506. The molecule has 0 bridgehead atoms. The van der Waals surface area contributed by atoms with Crippen molar-refractivity contribution in [3.05, 3.63) is 52.7 Å². The second kappa shape index (κ2) is 8.69. The first-order chi connectivity index (χ1) is 13.6. The average Bonchev–Trinajstić information content (AvgIpc) is 2.72. The van der Waals surface area contributed by atoms with Crippen molar-refractivity contribution in [1.29, 1.82) is 0 Å². The van der Waals surface area contributed by atoms with Gasteiger partial charge >= 0.3 is 0 Å². The number of rotatable bonds is 6. The van der Waals surface area contributed by atoms with Crippen molar-refractivity contribution in [3.8, 4) is 5.75 Å². The van der Waals surface area contributed by atoms with Gasteiger partial charge in [0.15, 0.2) is 0 Å². The molecule has 1 aliphatic heterocycles. The first-order valence-electron chi connectivity index (χ1n) is 9.33. The molecule has 2 amide bonds. The van der Waals surface area contributed by atoms with E-state index in [1.54, 1.807) is 18.1 Å². The van der Waals surface area contributed by atoms with Gasteiger partial charge in [-0.05, 0) is 18.6 Å². The molecule has 0 unspecified atom stereocenters. The summed E-state index contributed by atoms with van der Waals surface area (Å²) < 4.78 is 5.39. The van der Waals surface area contributed by atoms with Crippen LogP contribution in [0.1, 0.15) is 36.5 Å². The molecule has 1 fully saturated rings. The maximum Gasteiger partial charge on any atom is 0.263 e. The van der Waals surface area contributed by atoms with Crippen LogP contribution in [-0.2, 0) is 4.79 Å². The maximum absolute atomic E-state index is 13.0. The molecule has 2 heterocycles. The SMILES string of the molecule is CCCC[C@H]1CN(c2ccccc2OC)C(=O)CN1C(=O)c1cnc[nH]c1=O. The average molecular weight is 384 g/mol. The van der Waals surface area contributed by atoms with Gasteiger partial charge in [0.05, 0.1) is 25.2 Å². The third-order valence-corrected chi connectivity index (χ3v) is 4.92. The number of aromatic amines is 1. The van der Waals surface area contributed by atoms with Gasteiger partial charge < -0.3 is 19.5 Å². The van der Waals surface area contributed by atoms with Crippen LogP contribution >= 0.6 is 0 Å². The lowest BCUT2D eigenvalue weighted by Crippen LogP contribution is -2.58. The number of benzene rings is 1. The minimum Gasteiger partial charge on any atom is -0.495 e. The first-order valence-corrected chi connectivity index (χ1v) is 9.33. The lowest BCUT2D eigenvalue weighted by molar-refractivity contribution is -0.121. The largest absolute Gasteiger partial charge is 0.495 e. The van der Waals surface area contributed by atoms with Gasteiger partial charge in [0, 0.05) is 12.7 Å². The summed E-state index contributed by atoms with van der Waals surface area (Å²) in [4.78, 5) is 47.3. The summed E-state index contributed by atoms with van der Waals surface area (Å²) in [5.41, 5.74) is 0.124. The molecule has 8 nitrogen and oxygen atoms in total. The van der Waals surface area contributed by atoms with Gasteiger partial charge in [-0.3, -0.25) is 14.4 Å². The number of methoxy groups -OCH3 is 1. The van der Waals surface area contributed by atoms with E-state index in [1.807, 2.05) is 18.2 Å². The van der Waals surface area contributed by atoms with Crippen molar-refractivity contribution < 1.29 is 14.3 Å². The predicted octanol–water partition coefficient (Wildman–Crippen LogP) is 1.83. The first kappa shape index (κ1) is 19.6. The van der Waals surface area contributed by atoms with Gasteiger partial charge in [-0.15, -0.1) is 0 Å². The summed E-state index contributed by atoms with van der Waals surface area (Å²) in [6.07, 6.45) is 5.09. The van der Waals surface area contributed by atoms with Crippen molar-refractivity contribution in [2.24, 2.45) is 0 Å². The summed E-state index contributed by atoms with van der Waals surface area (Å²) in [5.74, 6) is -0.0806. The summed E-state index contributed by atoms with van der Waals surface area (Å²) in [6, 6.07) is 7.12. The number of amides is 2. The number of anilines is 1. The fraction of sp³-hybridized carbons (Fsp3) is 0.400. The Morgan fingerprint density at radius 3 is 2.82 bits per heavy atom. The number of piperazine rings is 1. The summed E-state index contributed by atoms with van der Waals surface area (Å²) in [7, 11) is 1.56. The summed E-state index contributed by atoms with van der Waals surface area (Å²) in [5, 5.41) is 0. The van der Waals surface area contributed by atoms with Crippen molar-refractivity contribution in [2.45, 2.75) is 32.2 Å². The number of carbonyl (C=O) groups excluding carboxylic acids is 2. The van der Waals surface area contributed by atoms with Crippen molar-refractivity contribution >= 4 is 17.5 Å². The van der Waals surface area contributed by atoms with E-state index in [9.17, 15) is 14.4 Å². The lowest BCUT2D eigenvalue weighted by atomic mass is 10.0. The molecule has 1 saturated heterocycles. The standard InChI is InChI=1S/C20H24N4O4/c1-3-4-7-14-11-24(16-8-5-6-9-17(16)28-2)18(25)12-23(14)20(27)15-10-21-13-22-19(15)26/h5-6,8-10,13-14H,3-4,7,11-12H2,1-2H3,(H,21,22,26)/t14-/m0/s1. The topological polar surface area (TPSA) is 95.6 Å². The molecule has 0 radical (unpaired) electrons. The molecule has 148 valence electrons. The second-order valence-electron chi connectivity index (χ2n) is 6.70. The molecule has 0 aliphatic carbocycles. The van der Waals surface area contributed by atoms with E-state index >= 15 is 0 Å². The predicted molar refractivity (Wildman–Crippen MR) is 105 cm³/mol. The van der Waals surface area contributed by atoms with Gasteiger partial charge in [-0.2, -0.15) is 0 Å². The molecule has 1 atom stereocenters. The molecule has 0 spiro atoms. The quantitative estimate of drug-likeness (QED) is 0.820. The third kappa shape index (κ3) is 3.90. The molecule has 2 aromatic rings. The second-order valence-corrected chi connectivity index (χ2v) is 6.70. The number of hydrogen-bond donors (Lipinski definition) is 1. The fourth-order valence-electron chi connectivity index (χ4n) is 3.43. The highest BCUT2D eigenvalue weighted by molar-refractivity contribution is 6.02. The van der Waals surface area contributed by atoms with Crippen LogP contribution in [0.2, 0.25) is 0 Å². The van der Waals surface area contributed by atoms with Crippen LogP contribution in [0.15, 0.2) is 41.6 Å². The van der Waals surface area contributed by atoms with Crippen LogP contribution in [0.5, 0.6) is 5.75 Å². The lowest BCUT2D eigenvalue weighted by Gasteiger charge is -2.41. The molecular weight excluding hydrogens is 360 g/mol. The van der Waals surface area contributed by atoms with E-state index in [0.29, 0.717) is 18.0 Å². The van der Waals surface area contributed by atoms with Crippen molar-refractivity contribution in [3.63, 3.8) is 0 Å². The van der Waals surface area contributed by atoms with Gasteiger partial charge in [-0.1, -0.05) is 31.9 Å². The molecule has 8 heteroatoms. The van der Waals surface area contributed by atoms with Gasteiger partial charge in [0.25, 0.3) is 11.5 Å². The minimum absolute atomic E-state index is 0.0532. The highest BCUT2D eigenvalue weighted by atomic mass is 16.5. The molecule has 1 aliphatic rings. The van der Waals surface area contributed by atoms with Crippen molar-refractivity contribution in [2.75, 3.05) is 25.1 Å². The fourth-order valence-corrected chi connectivity index (χ4v) is 3.43. The number of H-pyrrole nitrogens is 1. The number of para-hydroxylation sites is 2. The van der Waals surface area contributed by atoms with Crippen LogP contribution in [0.4, 0.5) is 5.69 Å². The zero-order valence-corrected chi connectivity index (χ0v) is 16.1. The number of ether oxygens (including phenoxy) is 1.